The molecule has 2 amide bonds. The van der Waals surface area contributed by atoms with Gasteiger partial charge in [-0.15, -0.1) is 0 Å². The van der Waals surface area contributed by atoms with Crippen LogP contribution < -0.4 is 25.0 Å². The van der Waals surface area contributed by atoms with Crippen molar-refractivity contribution in [3.8, 4) is 11.5 Å². The highest BCUT2D eigenvalue weighted by Crippen LogP contribution is 2.36. The van der Waals surface area contributed by atoms with E-state index in [1.165, 1.54) is 19.1 Å². The molecule has 3 N–H and O–H groups in total. The minimum absolute atomic E-state index is 0.121. The van der Waals surface area contributed by atoms with Gasteiger partial charge in [0.2, 0.25) is 0 Å². The van der Waals surface area contributed by atoms with E-state index in [1.807, 2.05) is 25.1 Å². The molecule has 0 atom stereocenters. The van der Waals surface area contributed by atoms with Crippen LogP contribution in [0.1, 0.15) is 15.9 Å². The summed E-state index contributed by atoms with van der Waals surface area (Å²) in [4.78, 5) is 26.4. The fraction of sp³-hybridized carbons (Fsp3) is 0.364. The summed E-state index contributed by atoms with van der Waals surface area (Å²) in [5.41, 5.74) is 2.39. The van der Waals surface area contributed by atoms with Gasteiger partial charge in [0.15, 0.2) is 6.54 Å². The molecule has 3 rings (SSSR count). The summed E-state index contributed by atoms with van der Waals surface area (Å²) in [7, 11) is 3.02. The van der Waals surface area contributed by atoms with Crippen LogP contribution in [0.25, 0.3) is 0 Å². The molecule has 2 aromatic carbocycles. The van der Waals surface area contributed by atoms with Gasteiger partial charge >= 0.3 is 0 Å². The first-order chi connectivity index (χ1) is 14.5. The van der Waals surface area contributed by atoms with Gasteiger partial charge in [0.05, 0.1) is 38.8 Å². The van der Waals surface area contributed by atoms with E-state index in [1.54, 1.807) is 18.2 Å². The highest BCUT2D eigenvalue weighted by Gasteiger charge is 2.20. The van der Waals surface area contributed by atoms with Gasteiger partial charge in [-0.3, -0.25) is 9.59 Å². The molecule has 1 saturated heterocycles. The van der Waals surface area contributed by atoms with E-state index < -0.39 is 0 Å². The van der Waals surface area contributed by atoms with Crippen LogP contribution in [0.15, 0.2) is 36.4 Å². The van der Waals surface area contributed by atoms with Gasteiger partial charge < -0.3 is 29.7 Å². The first-order valence-electron chi connectivity index (χ1n) is 9.86. The quantitative estimate of drug-likeness (QED) is 0.632. The lowest BCUT2D eigenvalue weighted by atomic mass is 10.1. The zero-order valence-electron chi connectivity index (χ0n) is 17.5. The summed E-state index contributed by atoms with van der Waals surface area (Å²) in [6.45, 7) is 5.15. The second-order valence-corrected chi connectivity index (χ2v) is 7.11. The van der Waals surface area contributed by atoms with Gasteiger partial charge in [0.25, 0.3) is 11.8 Å². The predicted octanol–water partition coefficient (Wildman–Crippen LogP) is 1.12. The van der Waals surface area contributed by atoms with E-state index in [4.69, 9.17) is 14.2 Å². The summed E-state index contributed by atoms with van der Waals surface area (Å²) in [6, 6.07) is 10.6. The second kappa shape index (κ2) is 10.1. The number of ether oxygens (including phenoxy) is 3. The van der Waals surface area contributed by atoms with Crippen molar-refractivity contribution in [3.63, 3.8) is 0 Å². The smallest absolute Gasteiger partial charge is 0.279 e. The molecule has 0 unspecified atom stereocenters. The Balaban J connectivity index is 1.77. The van der Waals surface area contributed by atoms with E-state index in [0.717, 1.165) is 18.7 Å². The number of benzene rings is 2. The first kappa shape index (κ1) is 21.6. The van der Waals surface area contributed by atoms with Gasteiger partial charge in [-0.1, -0.05) is 18.2 Å². The maximum Gasteiger partial charge on any atom is 0.279 e. The third kappa shape index (κ3) is 5.28. The lowest BCUT2D eigenvalue weighted by Crippen LogP contribution is -3.15. The number of rotatable bonds is 7. The van der Waals surface area contributed by atoms with Crippen molar-refractivity contribution >= 4 is 23.2 Å². The van der Waals surface area contributed by atoms with Crippen LogP contribution >= 0.6 is 0 Å². The Morgan fingerprint density at radius 3 is 2.20 bits per heavy atom. The molecule has 1 heterocycles. The minimum atomic E-state index is -0.249. The van der Waals surface area contributed by atoms with E-state index in [-0.39, 0.29) is 11.8 Å². The van der Waals surface area contributed by atoms with E-state index >= 15 is 0 Å². The fourth-order valence-electron chi connectivity index (χ4n) is 3.37. The van der Waals surface area contributed by atoms with Crippen LogP contribution in [-0.4, -0.2) is 58.9 Å². The molecule has 8 heteroatoms. The largest absolute Gasteiger partial charge is 0.494 e. The standard InChI is InChI=1S/C22H27N3O5/c1-15-6-4-5-7-16(15)22(27)24-18-13-19(28-2)17(12-20(18)29-3)23-21(26)14-25-8-10-30-11-9-25/h4-7,12-13H,8-11,14H2,1-3H3,(H,23,26)(H,24,27)/p+1. The zero-order valence-corrected chi connectivity index (χ0v) is 17.5. The Hall–Kier alpha value is -3.10. The van der Waals surface area contributed by atoms with E-state index in [2.05, 4.69) is 10.6 Å². The molecule has 30 heavy (non-hydrogen) atoms. The summed E-state index contributed by atoms with van der Waals surface area (Å²) < 4.78 is 16.2. The molecule has 8 nitrogen and oxygen atoms in total. The number of hydrogen-bond acceptors (Lipinski definition) is 5. The number of aryl methyl sites for hydroxylation is 1. The number of carbonyl (C=O) groups excluding carboxylic acids is 2. The summed E-state index contributed by atoms with van der Waals surface area (Å²) in [5.74, 6) is 0.484. The van der Waals surface area contributed by atoms with Crippen molar-refractivity contribution in [2.24, 2.45) is 0 Å². The molecule has 0 spiro atoms. The maximum absolute atomic E-state index is 12.7. The summed E-state index contributed by atoms with van der Waals surface area (Å²) in [6.07, 6.45) is 0. The van der Waals surface area contributed by atoms with Crippen molar-refractivity contribution in [2.75, 3.05) is 57.7 Å². The average molecular weight is 414 g/mol. The molecule has 1 aliphatic heterocycles. The van der Waals surface area contributed by atoms with Crippen LogP contribution in [0.3, 0.4) is 0 Å². The van der Waals surface area contributed by atoms with Crippen molar-refractivity contribution < 1.29 is 28.7 Å². The molecule has 0 saturated carbocycles. The Kier molecular flexibility index (Phi) is 7.26. The van der Waals surface area contributed by atoms with Crippen LogP contribution in [-0.2, 0) is 9.53 Å². The average Bonchev–Trinajstić information content (AvgIpc) is 2.75. The fourth-order valence-corrected chi connectivity index (χ4v) is 3.37. The Morgan fingerprint density at radius 2 is 1.60 bits per heavy atom. The summed E-state index contributed by atoms with van der Waals surface area (Å²) >= 11 is 0. The molecule has 0 aliphatic carbocycles. The maximum atomic E-state index is 12.7. The third-order valence-electron chi connectivity index (χ3n) is 5.04. The molecule has 0 radical (unpaired) electrons. The SMILES string of the molecule is COc1cc(NC(=O)c2ccccc2C)c(OC)cc1NC(=O)C[NH+]1CCOCC1. The predicted molar refractivity (Wildman–Crippen MR) is 114 cm³/mol. The number of amides is 2. The van der Waals surface area contributed by atoms with Crippen LogP contribution in [0.5, 0.6) is 11.5 Å². The van der Waals surface area contributed by atoms with Crippen molar-refractivity contribution in [3.05, 3.63) is 47.5 Å². The van der Waals surface area contributed by atoms with Crippen molar-refractivity contribution in [1.82, 2.24) is 0 Å². The monoisotopic (exact) mass is 414 g/mol. The first-order valence-corrected chi connectivity index (χ1v) is 9.86. The van der Waals surface area contributed by atoms with Crippen molar-refractivity contribution in [1.29, 1.82) is 0 Å². The Morgan fingerprint density at radius 1 is 1.00 bits per heavy atom. The number of nitrogens with one attached hydrogen (secondary N) is 3. The molecule has 2 aromatic rings. The van der Waals surface area contributed by atoms with Crippen LogP contribution in [0.4, 0.5) is 11.4 Å². The molecular weight excluding hydrogens is 386 g/mol. The van der Waals surface area contributed by atoms with E-state index in [9.17, 15) is 9.59 Å². The molecule has 0 bridgehead atoms. The number of hydrogen-bond donors (Lipinski definition) is 3. The van der Waals surface area contributed by atoms with Crippen molar-refractivity contribution in [2.45, 2.75) is 6.92 Å². The molecule has 160 valence electrons. The zero-order chi connectivity index (χ0) is 21.5. The van der Waals surface area contributed by atoms with Gasteiger partial charge in [0.1, 0.15) is 24.6 Å². The Bertz CT molecular complexity index is 910. The molecule has 1 aliphatic rings. The number of quaternary nitrogens is 1. The number of anilines is 2. The minimum Gasteiger partial charge on any atom is -0.494 e. The topological polar surface area (TPSA) is 90.3 Å². The Labute approximate surface area is 176 Å². The highest BCUT2D eigenvalue weighted by atomic mass is 16.5. The van der Waals surface area contributed by atoms with E-state index in [0.29, 0.717) is 48.2 Å². The normalized spacial score (nSPS) is 14.1. The van der Waals surface area contributed by atoms with Crippen LogP contribution in [0.2, 0.25) is 0 Å². The van der Waals surface area contributed by atoms with Gasteiger partial charge in [-0.05, 0) is 18.6 Å². The number of carbonyl (C=O) groups is 2. The molecule has 0 aromatic heterocycles. The van der Waals surface area contributed by atoms with Crippen LogP contribution in [0, 0.1) is 6.92 Å². The van der Waals surface area contributed by atoms with Gasteiger partial charge in [-0.2, -0.15) is 0 Å². The highest BCUT2D eigenvalue weighted by molar-refractivity contribution is 6.06. The number of methoxy groups -OCH3 is 2. The third-order valence-corrected chi connectivity index (χ3v) is 5.04. The second-order valence-electron chi connectivity index (χ2n) is 7.11. The summed E-state index contributed by atoms with van der Waals surface area (Å²) in [5, 5.41) is 5.75. The molecule has 1 fully saturated rings. The van der Waals surface area contributed by atoms with Gasteiger partial charge in [-0.25, -0.2) is 0 Å². The van der Waals surface area contributed by atoms with Gasteiger partial charge in [0, 0.05) is 17.7 Å². The number of morpholine rings is 1. The molecular formula is C22H28N3O5+. The lowest BCUT2D eigenvalue weighted by molar-refractivity contribution is -0.899. The lowest BCUT2D eigenvalue weighted by Gasteiger charge is -2.23.